The van der Waals surface area contributed by atoms with Crippen LogP contribution in [0.4, 0.5) is 0 Å². The first-order valence-electron chi connectivity index (χ1n) is 5.52. The normalized spacial score (nSPS) is 16.9. The van der Waals surface area contributed by atoms with Gasteiger partial charge in [0, 0.05) is 22.3 Å². The van der Waals surface area contributed by atoms with Crippen LogP contribution in [-0.4, -0.2) is 30.6 Å². The standard InChI is InChI=1S/C10H28OSi3/c1-10(13(6,7)11-2)14(8,9)12(3,4)5/h10H,1-9H3. The second-order valence-electron chi connectivity index (χ2n) is 6.50. The van der Waals surface area contributed by atoms with Crippen LogP contribution in [-0.2, 0) is 4.43 Å². The van der Waals surface area contributed by atoms with E-state index in [1.54, 1.807) is 0 Å². The van der Waals surface area contributed by atoms with Crippen LogP contribution in [0.15, 0.2) is 0 Å². The molecule has 1 atom stereocenters. The molecule has 1 unspecified atom stereocenters. The highest BCUT2D eigenvalue weighted by Gasteiger charge is 2.48. The van der Waals surface area contributed by atoms with Crippen LogP contribution in [0.1, 0.15) is 6.92 Å². The van der Waals surface area contributed by atoms with Crippen molar-refractivity contribution in [2.75, 3.05) is 7.11 Å². The Morgan fingerprint density at radius 3 is 1.43 bits per heavy atom. The lowest BCUT2D eigenvalue weighted by Gasteiger charge is -2.45. The average Bonchev–Trinajstić information content (AvgIpc) is 2.01. The molecule has 4 heteroatoms. The molecular formula is C10H28OSi3. The maximum absolute atomic E-state index is 5.78. The van der Waals surface area contributed by atoms with Gasteiger partial charge in [-0.3, -0.25) is 0 Å². The zero-order valence-electron chi connectivity index (χ0n) is 11.5. The van der Waals surface area contributed by atoms with Crippen molar-refractivity contribution < 1.29 is 4.43 Å². The van der Waals surface area contributed by atoms with Crippen molar-refractivity contribution in [1.82, 2.24) is 0 Å². The van der Waals surface area contributed by atoms with E-state index in [0.29, 0.717) is 0 Å². The summed E-state index contributed by atoms with van der Waals surface area (Å²) in [5, 5.41) is 0.853. The first-order chi connectivity index (χ1) is 5.97. The molecule has 0 saturated heterocycles. The first kappa shape index (κ1) is 14.6. The molecule has 0 aliphatic carbocycles. The van der Waals surface area contributed by atoms with E-state index in [0.717, 1.165) is 5.16 Å². The smallest absolute Gasteiger partial charge is 0.186 e. The van der Waals surface area contributed by atoms with Crippen molar-refractivity contribution in [3.8, 4) is 0 Å². The van der Waals surface area contributed by atoms with E-state index in [1.807, 2.05) is 7.11 Å². The molecule has 0 rings (SSSR count). The molecule has 0 heterocycles. The highest BCUT2D eigenvalue weighted by Crippen LogP contribution is 2.37. The summed E-state index contributed by atoms with van der Waals surface area (Å²) in [6, 6.07) is 0. The summed E-state index contributed by atoms with van der Waals surface area (Å²) in [4.78, 5) is 0. The lowest BCUT2D eigenvalue weighted by molar-refractivity contribution is 0.401. The van der Waals surface area contributed by atoms with Crippen molar-refractivity contribution in [1.29, 1.82) is 0 Å². The molecule has 0 amide bonds. The number of rotatable bonds is 4. The third-order valence-corrected chi connectivity index (χ3v) is 31.8. The van der Waals surface area contributed by atoms with E-state index in [1.165, 1.54) is 0 Å². The van der Waals surface area contributed by atoms with Crippen LogP contribution < -0.4 is 0 Å². The van der Waals surface area contributed by atoms with Crippen LogP contribution in [0.2, 0.25) is 51.0 Å². The molecule has 86 valence electrons. The van der Waals surface area contributed by atoms with Crippen molar-refractivity contribution in [3.05, 3.63) is 0 Å². The third-order valence-electron chi connectivity index (χ3n) is 4.58. The maximum atomic E-state index is 5.78. The van der Waals surface area contributed by atoms with Crippen LogP contribution >= 0.6 is 0 Å². The minimum Gasteiger partial charge on any atom is -0.421 e. The molecule has 0 aliphatic rings. The Balaban J connectivity index is 4.94. The zero-order valence-corrected chi connectivity index (χ0v) is 14.5. The Bertz CT molecular complexity index is 194. The van der Waals surface area contributed by atoms with Gasteiger partial charge in [-0.1, -0.05) is 39.7 Å². The van der Waals surface area contributed by atoms with E-state index in [9.17, 15) is 0 Å². The Hall–Kier alpha value is 0.611. The molecule has 14 heavy (non-hydrogen) atoms. The molecule has 0 saturated carbocycles. The molecular weight excluding hydrogens is 220 g/mol. The van der Waals surface area contributed by atoms with Crippen LogP contribution in [0.5, 0.6) is 0 Å². The van der Waals surface area contributed by atoms with Gasteiger partial charge in [-0.25, -0.2) is 0 Å². The van der Waals surface area contributed by atoms with Crippen molar-refractivity contribution in [2.24, 2.45) is 0 Å². The molecule has 0 aromatic rings. The van der Waals surface area contributed by atoms with E-state index in [-0.39, 0.29) is 0 Å². The van der Waals surface area contributed by atoms with E-state index >= 15 is 0 Å². The fraction of sp³-hybridized carbons (Fsp3) is 1.00. The summed E-state index contributed by atoms with van der Waals surface area (Å²) in [5.74, 6) is 0. The van der Waals surface area contributed by atoms with Crippen LogP contribution in [0.25, 0.3) is 0 Å². The molecule has 0 N–H and O–H groups in total. The van der Waals surface area contributed by atoms with Crippen LogP contribution in [0.3, 0.4) is 0 Å². The lowest BCUT2D eigenvalue weighted by Crippen LogP contribution is -2.61. The monoisotopic (exact) mass is 248 g/mol. The second kappa shape index (κ2) is 4.23. The molecule has 0 aromatic carbocycles. The Labute approximate surface area is 93.2 Å². The van der Waals surface area contributed by atoms with Gasteiger partial charge < -0.3 is 4.43 Å². The topological polar surface area (TPSA) is 9.23 Å². The summed E-state index contributed by atoms with van der Waals surface area (Å²) in [6.45, 7) is 19.9. The number of hydrogen-bond donors (Lipinski definition) is 0. The van der Waals surface area contributed by atoms with E-state index < -0.39 is 23.5 Å². The molecule has 0 spiro atoms. The van der Waals surface area contributed by atoms with Crippen molar-refractivity contribution in [2.45, 2.75) is 57.9 Å². The summed E-state index contributed by atoms with van der Waals surface area (Å²) in [5.41, 5.74) is 0. The van der Waals surface area contributed by atoms with Gasteiger partial charge in [-0.2, -0.15) is 0 Å². The molecule has 0 aromatic heterocycles. The average molecular weight is 249 g/mol. The predicted octanol–water partition coefficient (Wildman–Crippen LogP) is 3.89. The highest BCUT2D eigenvalue weighted by atomic mass is 29.3. The quantitative estimate of drug-likeness (QED) is 0.686. The van der Waals surface area contributed by atoms with Gasteiger partial charge in [-0.15, -0.1) is 0 Å². The zero-order chi connectivity index (χ0) is 11.8. The largest absolute Gasteiger partial charge is 0.421 e. The first-order valence-corrected chi connectivity index (χ1v) is 16.1. The second-order valence-corrected chi connectivity index (χ2v) is 28.7. The Morgan fingerprint density at radius 1 is 0.857 bits per heavy atom. The lowest BCUT2D eigenvalue weighted by atomic mass is 10.9. The SMILES string of the molecule is CO[Si](C)(C)C(C)[Si](C)(C)[Si](C)(C)C. The Kier molecular flexibility index (Phi) is 4.42. The van der Waals surface area contributed by atoms with Crippen molar-refractivity contribution >= 4 is 23.5 Å². The minimum atomic E-state index is -1.43. The van der Waals surface area contributed by atoms with E-state index in [2.05, 4.69) is 52.8 Å². The molecule has 0 fully saturated rings. The number of hydrogen-bond acceptors (Lipinski definition) is 1. The summed E-state index contributed by atoms with van der Waals surface area (Å²) in [7, 11) is -1.60. The predicted molar refractivity (Wildman–Crippen MR) is 74.7 cm³/mol. The van der Waals surface area contributed by atoms with Crippen LogP contribution in [0, 0.1) is 0 Å². The molecule has 0 bridgehead atoms. The molecule has 0 radical (unpaired) electrons. The fourth-order valence-corrected chi connectivity index (χ4v) is 21.6. The fourth-order valence-electron chi connectivity index (χ4n) is 1.70. The minimum absolute atomic E-state index is 0.853. The summed E-state index contributed by atoms with van der Waals surface area (Å²) >= 11 is 0. The summed E-state index contributed by atoms with van der Waals surface area (Å²) in [6.07, 6.45) is 0. The van der Waals surface area contributed by atoms with Gasteiger partial charge in [-0.05, 0) is 18.3 Å². The van der Waals surface area contributed by atoms with Gasteiger partial charge in [0.05, 0.1) is 0 Å². The third kappa shape index (κ3) is 2.81. The highest BCUT2D eigenvalue weighted by molar-refractivity contribution is 7.43. The molecule has 1 nitrogen and oxygen atoms in total. The van der Waals surface area contributed by atoms with Gasteiger partial charge >= 0.3 is 0 Å². The van der Waals surface area contributed by atoms with Gasteiger partial charge in [0.2, 0.25) is 0 Å². The summed E-state index contributed by atoms with van der Waals surface area (Å²) < 4.78 is 5.78. The maximum Gasteiger partial charge on any atom is 0.186 e. The van der Waals surface area contributed by atoms with Gasteiger partial charge in [0.1, 0.15) is 0 Å². The van der Waals surface area contributed by atoms with Gasteiger partial charge in [0.15, 0.2) is 8.32 Å². The molecule has 0 aliphatic heterocycles. The van der Waals surface area contributed by atoms with Gasteiger partial charge in [0.25, 0.3) is 0 Å². The van der Waals surface area contributed by atoms with E-state index in [4.69, 9.17) is 4.43 Å². The van der Waals surface area contributed by atoms with Crippen molar-refractivity contribution in [3.63, 3.8) is 0 Å². The Morgan fingerprint density at radius 2 is 1.21 bits per heavy atom.